The first-order valence-electron chi connectivity index (χ1n) is 9.54. The number of amides is 2. The van der Waals surface area contributed by atoms with Gasteiger partial charge in [0, 0.05) is 17.8 Å². The van der Waals surface area contributed by atoms with Crippen LogP contribution in [0.3, 0.4) is 0 Å². The van der Waals surface area contributed by atoms with Crippen LogP contribution in [-0.2, 0) is 9.59 Å². The van der Waals surface area contributed by atoms with Gasteiger partial charge in [-0.05, 0) is 60.2 Å². The van der Waals surface area contributed by atoms with E-state index in [1.165, 1.54) is 49.6 Å². The smallest absolute Gasteiger partial charge is 0.282 e. The number of ether oxygens (including phenoxy) is 1. The van der Waals surface area contributed by atoms with E-state index in [9.17, 15) is 24.1 Å². The van der Waals surface area contributed by atoms with Crippen LogP contribution >= 0.6 is 11.6 Å². The number of benzene rings is 3. The standard InChI is InChI=1S/C23H15ClFN3O5/c1-33-19-11-6-15(12-18(19)24)26-21-20(13-2-7-17(8-3-13)28(31)32)22(29)27(23(21)30)16-9-4-14(25)5-10-16/h2-12,26H,1H3. The number of anilines is 2. The first-order chi connectivity index (χ1) is 15.8. The number of halogens is 2. The number of hydrogen-bond donors (Lipinski definition) is 1. The molecule has 1 N–H and O–H groups in total. The molecule has 1 aliphatic rings. The van der Waals surface area contributed by atoms with Crippen molar-refractivity contribution in [2.45, 2.75) is 0 Å². The van der Waals surface area contributed by atoms with Gasteiger partial charge in [0.25, 0.3) is 17.5 Å². The van der Waals surface area contributed by atoms with Crippen molar-refractivity contribution in [3.63, 3.8) is 0 Å². The summed E-state index contributed by atoms with van der Waals surface area (Å²) in [4.78, 5) is 38.0. The number of nitro benzene ring substituents is 1. The number of imide groups is 1. The van der Waals surface area contributed by atoms with Crippen molar-refractivity contribution in [1.82, 2.24) is 0 Å². The number of methoxy groups -OCH3 is 1. The minimum Gasteiger partial charge on any atom is -0.495 e. The van der Waals surface area contributed by atoms with Crippen molar-refractivity contribution in [2.75, 3.05) is 17.3 Å². The van der Waals surface area contributed by atoms with Crippen LogP contribution in [0, 0.1) is 15.9 Å². The van der Waals surface area contributed by atoms with Crippen molar-refractivity contribution in [1.29, 1.82) is 0 Å². The lowest BCUT2D eigenvalue weighted by molar-refractivity contribution is -0.384. The highest BCUT2D eigenvalue weighted by Gasteiger charge is 2.40. The second-order valence-electron chi connectivity index (χ2n) is 6.95. The molecule has 0 saturated heterocycles. The minimum absolute atomic E-state index is 0.00571. The zero-order chi connectivity index (χ0) is 23.7. The number of non-ortho nitro benzene ring substituents is 1. The van der Waals surface area contributed by atoms with Crippen LogP contribution in [-0.4, -0.2) is 23.8 Å². The van der Waals surface area contributed by atoms with Gasteiger partial charge in [0.15, 0.2) is 0 Å². The summed E-state index contributed by atoms with van der Waals surface area (Å²) >= 11 is 6.18. The molecular formula is C23H15ClFN3O5. The van der Waals surface area contributed by atoms with Crippen LogP contribution < -0.4 is 15.0 Å². The minimum atomic E-state index is -0.674. The molecule has 0 aromatic heterocycles. The van der Waals surface area contributed by atoms with Crippen LogP contribution in [0.25, 0.3) is 5.57 Å². The van der Waals surface area contributed by atoms with Gasteiger partial charge in [-0.3, -0.25) is 19.7 Å². The molecule has 8 nitrogen and oxygen atoms in total. The zero-order valence-electron chi connectivity index (χ0n) is 17.0. The maximum absolute atomic E-state index is 13.4. The Kier molecular flexibility index (Phi) is 5.80. The normalized spacial score (nSPS) is 13.5. The van der Waals surface area contributed by atoms with Crippen LogP contribution in [0.5, 0.6) is 5.75 Å². The highest BCUT2D eigenvalue weighted by molar-refractivity contribution is 6.46. The number of carbonyl (C=O) groups excluding carboxylic acids is 2. The van der Waals surface area contributed by atoms with Gasteiger partial charge >= 0.3 is 0 Å². The predicted molar refractivity (Wildman–Crippen MR) is 121 cm³/mol. The molecule has 0 aliphatic carbocycles. The quantitative estimate of drug-likeness (QED) is 0.317. The average molecular weight is 468 g/mol. The van der Waals surface area contributed by atoms with Gasteiger partial charge in [0.2, 0.25) is 0 Å². The molecule has 166 valence electrons. The fraction of sp³-hybridized carbons (Fsp3) is 0.0435. The molecule has 1 heterocycles. The van der Waals surface area contributed by atoms with Gasteiger partial charge in [-0.1, -0.05) is 11.6 Å². The van der Waals surface area contributed by atoms with Crippen molar-refractivity contribution in [2.24, 2.45) is 0 Å². The first-order valence-corrected chi connectivity index (χ1v) is 9.92. The summed E-state index contributed by atoms with van der Waals surface area (Å²) in [5.74, 6) is -1.43. The van der Waals surface area contributed by atoms with Crippen LogP contribution in [0.1, 0.15) is 5.56 Å². The van der Waals surface area contributed by atoms with Crippen molar-refractivity contribution >= 4 is 46.1 Å². The van der Waals surface area contributed by atoms with Crippen LogP contribution in [0.2, 0.25) is 5.02 Å². The molecular weight excluding hydrogens is 453 g/mol. The lowest BCUT2D eigenvalue weighted by atomic mass is 10.0. The van der Waals surface area contributed by atoms with E-state index < -0.39 is 22.6 Å². The molecule has 1 aliphatic heterocycles. The fourth-order valence-electron chi connectivity index (χ4n) is 3.38. The Morgan fingerprint density at radius 2 is 1.67 bits per heavy atom. The summed E-state index contributed by atoms with van der Waals surface area (Å²) in [5.41, 5.74) is 0.673. The molecule has 0 radical (unpaired) electrons. The Balaban J connectivity index is 1.81. The Morgan fingerprint density at radius 1 is 1.00 bits per heavy atom. The molecule has 4 rings (SSSR count). The third-order valence-corrected chi connectivity index (χ3v) is 5.25. The highest BCUT2D eigenvalue weighted by atomic mass is 35.5. The van der Waals surface area contributed by atoms with Crippen LogP contribution in [0.4, 0.5) is 21.5 Å². The zero-order valence-corrected chi connectivity index (χ0v) is 17.8. The van der Waals surface area contributed by atoms with Crippen molar-refractivity contribution in [3.8, 4) is 5.75 Å². The second kappa shape index (κ2) is 8.71. The molecule has 0 spiro atoms. The van der Waals surface area contributed by atoms with Gasteiger partial charge in [0.1, 0.15) is 17.3 Å². The SMILES string of the molecule is COc1ccc(NC2=C(c3ccc([N+](=O)[O-])cc3)C(=O)N(c3ccc(F)cc3)C2=O)cc1Cl. The summed E-state index contributed by atoms with van der Waals surface area (Å²) in [6.07, 6.45) is 0. The van der Waals surface area contributed by atoms with E-state index in [2.05, 4.69) is 5.32 Å². The summed E-state index contributed by atoms with van der Waals surface area (Å²) in [6.45, 7) is 0. The van der Waals surface area contributed by atoms with Gasteiger partial charge < -0.3 is 10.1 Å². The molecule has 0 saturated carbocycles. The Bertz CT molecular complexity index is 1310. The van der Waals surface area contributed by atoms with Crippen LogP contribution in [0.15, 0.2) is 72.4 Å². The number of nitro groups is 1. The van der Waals surface area contributed by atoms with Gasteiger partial charge in [0.05, 0.1) is 28.3 Å². The van der Waals surface area contributed by atoms with E-state index in [4.69, 9.17) is 16.3 Å². The third-order valence-electron chi connectivity index (χ3n) is 4.96. The number of hydrogen-bond acceptors (Lipinski definition) is 6. The molecule has 0 fully saturated rings. The lowest BCUT2D eigenvalue weighted by Crippen LogP contribution is -2.32. The third kappa shape index (κ3) is 4.13. The monoisotopic (exact) mass is 467 g/mol. The molecule has 0 bridgehead atoms. The fourth-order valence-corrected chi connectivity index (χ4v) is 3.63. The largest absolute Gasteiger partial charge is 0.495 e. The number of rotatable bonds is 6. The topological polar surface area (TPSA) is 102 Å². The predicted octanol–water partition coefficient (Wildman–Crippen LogP) is 4.79. The van der Waals surface area contributed by atoms with Crippen molar-refractivity contribution in [3.05, 3.63) is 98.9 Å². The first kappa shape index (κ1) is 22.0. The molecule has 0 unspecified atom stereocenters. The molecule has 3 aromatic carbocycles. The van der Waals surface area contributed by atoms with E-state index in [1.807, 2.05) is 0 Å². The van der Waals surface area contributed by atoms with E-state index >= 15 is 0 Å². The van der Waals surface area contributed by atoms with E-state index in [0.717, 1.165) is 17.0 Å². The molecule has 2 amide bonds. The molecule has 0 atom stereocenters. The van der Waals surface area contributed by atoms with E-state index in [-0.39, 0.29) is 27.7 Å². The number of carbonyl (C=O) groups is 2. The summed E-state index contributed by atoms with van der Waals surface area (Å²) < 4.78 is 18.5. The maximum Gasteiger partial charge on any atom is 0.282 e. The lowest BCUT2D eigenvalue weighted by Gasteiger charge is -2.15. The maximum atomic E-state index is 13.4. The number of nitrogens with zero attached hydrogens (tertiary/aromatic N) is 2. The summed E-state index contributed by atoms with van der Waals surface area (Å²) in [5, 5.41) is 14.2. The average Bonchev–Trinajstić information content (AvgIpc) is 3.04. The Labute approximate surface area is 192 Å². The Hall–Kier alpha value is -4.24. The van der Waals surface area contributed by atoms with Gasteiger partial charge in [-0.2, -0.15) is 0 Å². The van der Waals surface area contributed by atoms with E-state index in [1.54, 1.807) is 12.1 Å². The summed E-state index contributed by atoms with van der Waals surface area (Å²) in [6, 6.07) is 14.9. The molecule has 3 aromatic rings. The van der Waals surface area contributed by atoms with E-state index in [0.29, 0.717) is 17.0 Å². The molecule has 10 heteroatoms. The highest BCUT2D eigenvalue weighted by Crippen LogP contribution is 2.35. The van der Waals surface area contributed by atoms with Crippen molar-refractivity contribution < 1.29 is 23.6 Å². The van der Waals surface area contributed by atoms with Gasteiger partial charge in [-0.15, -0.1) is 0 Å². The second-order valence-corrected chi connectivity index (χ2v) is 7.36. The summed E-state index contributed by atoms with van der Waals surface area (Å²) in [7, 11) is 1.46. The number of nitrogens with one attached hydrogen (secondary N) is 1. The van der Waals surface area contributed by atoms with Gasteiger partial charge in [-0.25, -0.2) is 9.29 Å². The Morgan fingerprint density at radius 3 is 2.24 bits per heavy atom. The molecule has 33 heavy (non-hydrogen) atoms.